The molecule has 2 N–H and O–H groups in total. The fraction of sp³-hybridized carbons (Fsp3) is 0.211. The molecule has 0 aliphatic heterocycles. The predicted molar refractivity (Wildman–Crippen MR) is 188 cm³/mol. The van der Waals surface area contributed by atoms with Gasteiger partial charge in [-0.05, 0) is 67.0 Å². The number of hydrogen-bond donors (Lipinski definition) is 2. The number of imidazole rings is 1. The fourth-order valence-electron chi connectivity index (χ4n) is 5.62. The van der Waals surface area contributed by atoms with Crippen LogP contribution in [0.4, 0.5) is 18.9 Å². The van der Waals surface area contributed by atoms with Gasteiger partial charge in [0, 0.05) is 42.8 Å². The molecule has 4 aromatic carbocycles. The number of amides is 1. The zero-order valence-electron chi connectivity index (χ0n) is 27.0. The van der Waals surface area contributed by atoms with Crippen LogP contribution in [-0.4, -0.2) is 37.6 Å². The molecule has 250 valence electrons. The Bertz CT molecular complexity index is 1950. The molecule has 0 saturated heterocycles. The van der Waals surface area contributed by atoms with Crippen LogP contribution in [-0.2, 0) is 30.5 Å². The highest BCUT2D eigenvalue weighted by Crippen LogP contribution is 2.33. The molecule has 0 bridgehead atoms. The van der Waals surface area contributed by atoms with Gasteiger partial charge in [-0.25, -0.2) is 4.98 Å². The van der Waals surface area contributed by atoms with Crippen molar-refractivity contribution in [2.45, 2.75) is 45.1 Å². The van der Waals surface area contributed by atoms with Crippen LogP contribution in [0.5, 0.6) is 0 Å². The number of anilines is 1. The number of hydrogen-bond acceptors (Lipinski definition) is 4. The number of nitrogens with zero attached hydrogens (tertiary/aromatic N) is 4. The summed E-state index contributed by atoms with van der Waals surface area (Å²) in [7, 11) is 0. The largest absolute Gasteiger partial charge is 0.416 e. The van der Waals surface area contributed by atoms with Crippen molar-refractivity contribution >= 4 is 28.9 Å². The van der Waals surface area contributed by atoms with E-state index in [0.717, 1.165) is 22.8 Å². The summed E-state index contributed by atoms with van der Waals surface area (Å²) in [5.74, 6) is -0.282. The Morgan fingerprint density at radius 3 is 2.33 bits per heavy atom. The molecule has 0 radical (unpaired) electrons. The molecule has 5 aromatic rings. The van der Waals surface area contributed by atoms with Gasteiger partial charge in [0.05, 0.1) is 35.5 Å². The van der Waals surface area contributed by atoms with E-state index in [4.69, 9.17) is 17.5 Å². The third-order valence-electron chi connectivity index (χ3n) is 7.86. The summed E-state index contributed by atoms with van der Waals surface area (Å²) in [6, 6.07) is 32.0. The third kappa shape index (κ3) is 9.33. The Morgan fingerprint density at radius 2 is 1.61 bits per heavy atom. The molecule has 0 spiro atoms. The monoisotopic (exact) mass is 680 g/mol. The number of thiocarbonyl (C=S) groups is 1. The lowest BCUT2D eigenvalue weighted by atomic mass is 10.0. The van der Waals surface area contributed by atoms with Gasteiger partial charge in [0.1, 0.15) is 0 Å². The van der Waals surface area contributed by atoms with Crippen molar-refractivity contribution in [3.8, 4) is 17.2 Å². The highest BCUT2D eigenvalue weighted by Gasteiger charge is 2.34. The summed E-state index contributed by atoms with van der Waals surface area (Å²) < 4.78 is 44.0. The molecule has 1 amide bonds. The number of rotatable bonds is 11. The minimum atomic E-state index is -4.55. The number of aromatic nitrogens is 2. The second kappa shape index (κ2) is 15.2. The highest BCUT2D eigenvalue weighted by molar-refractivity contribution is 7.80. The van der Waals surface area contributed by atoms with E-state index in [0.29, 0.717) is 23.5 Å². The molecular formula is C38H35F3N6OS. The molecule has 7 nitrogen and oxygen atoms in total. The molecule has 5 rings (SSSR count). The number of carbonyl (C=O) groups is 1. The summed E-state index contributed by atoms with van der Waals surface area (Å²) in [5, 5.41) is 15.6. The first-order chi connectivity index (χ1) is 23.4. The van der Waals surface area contributed by atoms with Crippen molar-refractivity contribution in [2.24, 2.45) is 0 Å². The van der Waals surface area contributed by atoms with E-state index in [-0.39, 0.29) is 36.1 Å². The number of alkyl halides is 3. The van der Waals surface area contributed by atoms with Crippen molar-refractivity contribution in [3.63, 3.8) is 0 Å². The Hall–Kier alpha value is -5.47. The Kier molecular flexibility index (Phi) is 10.8. The van der Waals surface area contributed by atoms with Crippen LogP contribution >= 0.6 is 12.2 Å². The summed E-state index contributed by atoms with van der Waals surface area (Å²) in [4.78, 5) is 19.3. The van der Waals surface area contributed by atoms with Crippen LogP contribution in [0.25, 0.3) is 11.1 Å². The van der Waals surface area contributed by atoms with E-state index >= 15 is 0 Å². The molecule has 49 heavy (non-hydrogen) atoms. The molecule has 0 fully saturated rings. The van der Waals surface area contributed by atoms with E-state index in [1.807, 2.05) is 85.1 Å². The van der Waals surface area contributed by atoms with E-state index in [9.17, 15) is 18.0 Å². The van der Waals surface area contributed by atoms with Gasteiger partial charge in [-0.2, -0.15) is 18.4 Å². The number of halogens is 3. The van der Waals surface area contributed by atoms with E-state index in [1.165, 1.54) is 12.1 Å². The van der Waals surface area contributed by atoms with Crippen LogP contribution in [0.3, 0.4) is 0 Å². The topological polar surface area (TPSA) is 86.0 Å². The second-order valence-corrected chi connectivity index (χ2v) is 12.7. The molecule has 0 unspecified atom stereocenters. The number of nitrogens with one attached hydrogen (secondary N) is 2. The molecule has 0 atom stereocenters. The van der Waals surface area contributed by atoms with Crippen LogP contribution in [0, 0.1) is 11.3 Å². The number of carbonyl (C=O) groups excluding carboxylic acids is 1. The van der Waals surface area contributed by atoms with Gasteiger partial charge in [-0.1, -0.05) is 78.9 Å². The standard InChI is InChI=1S/C38H35F3N6OS/c1-37(2,45-35(48)20-31-22-43-26-47(31)23-28-18-16-27(21-42)17-19-28)25-46(24-30-12-6-8-14-33(30)38(39,40)41)36(49)44-34-15-9-7-13-32(34)29-10-4-3-5-11-29/h3-19,22,26H,20,23-25H2,1-2H3,(H,44,49)(H,45,48). The average molecular weight is 681 g/mol. The second-order valence-electron chi connectivity index (χ2n) is 12.3. The molecule has 1 aromatic heterocycles. The van der Waals surface area contributed by atoms with E-state index in [2.05, 4.69) is 21.7 Å². The zero-order chi connectivity index (χ0) is 35.0. The normalized spacial score (nSPS) is 11.4. The number of nitriles is 1. The van der Waals surface area contributed by atoms with Gasteiger partial charge < -0.3 is 20.1 Å². The molecule has 0 aliphatic rings. The van der Waals surface area contributed by atoms with Crippen LogP contribution in [0.2, 0.25) is 0 Å². The SMILES string of the molecule is CC(C)(CN(Cc1ccccc1C(F)(F)F)C(=S)Nc1ccccc1-c1ccccc1)NC(=O)Cc1cncn1Cc1ccc(C#N)cc1. The van der Waals surface area contributed by atoms with Crippen molar-refractivity contribution in [1.29, 1.82) is 5.26 Å². The smallest absolute Gasteiger partial charge is 0.349 e. The van der Waals surface area contributed by atoms with E-state index in [1.54, 1.807) is 35.6 Å². The first-order valence-electron chi connectivity index (χ1n) is 15.6. The Labute approximate surface area is 289 Å². The number of para-hydroxylation sites is 1. The summed E-state index contributed by atoms with van der Waals surface area (Å²) in [6.07, 6.45) is -1.26. The predicted octanol–water partition coefficient (Wildman–Crippen LogP) is 7.83. The fourth-order valence-corrected chi connectivity index (χ4v) is 5.86. The van der Waals surface area contributed by atoms with Crippen LogP contribution in [0.1, 0.15) is 41.8 Å². The van der Waals surface area contributed by atoms with Crippen LogP contribution in [0.15, 0.2) is 116 Å². The summed E-state index contributed by atoms with van der Waals surface area (Å²) in [6.45, 7) is 4.04. The molecule has 0 aliphatic carbocycles. The lowest BCUT2D eigenvalue weighted by Crippen LogP contribution is -2.53. The third-order valence-corrected chi connectivity index (χ3v) is 8.23. The quantitative estimate of drug-likeness (QED) is 0.138. The van der Waals surface area contributed by atoms with Crippen molar-refractivity contribution < 1.29 is 18.0 Å². The van der Waals surface area contributed by atoms with Crippen molar-refractivity contribution in [3.05, 3.63) is 144 Å². The molecular weight excluding hydrogens is 646 g/mol. The maximum absolute atomic E-state index is 14.0. The molecule has 0 saturated carbocycles. The van der Waals surface area contributed by atoms with Gasteiger partial charge in [0.15, 0.2) is 5.11 Å². The van der Waals surface area contributed by atoms with Crippen molar-refractivity contribution in [1.82, 2.24) is 19.8 Å². The lowest BCUT2D eigenvalue weighted by Gasteiger charge is -2.36. The zero-order valence-corrected chi connectivity index (χ0v) is 27.9. The Morgan fingerprint density at radius 1 is 0.939 bits per heavy atom. The number of benzene rings is 4. The van der Waals surface area contributed by atoms with Gasteiger partial charge in [-0.15, -0.1) is 0 Å². The first-order valence-corrected chi connectivity index (χ1v) is 16.0. The average Bonchev–Trinajstić information content (AvgIpc) is 3.50. The van der Waals surface area contributed by atoms with Gasteiger partial charge in [0.2, 0.25) is 5.91 Å². The summed E-state index contributed by atoms with van der Waals surface area (Å²) >= 11 is 5.86. The maximum atomic E-state index is 14.0. The van der Waals surface area contributed by atoms with Gasteiger partial charge in [0.25, 0.3) is 0 Å². The first kappa shape index (κ1) is 34.9. The lowest BCUT2D eigenvalue weighted by molar-refractivity contribution is -0.138. The summed E-state index contributed by atoms with van der Waals surface area (Å²) in [5.41, 5.74) is 3.13. The van der Waals surface area contributed by atoms with Gasteiger partial charge in [-0.3, -0.25) is 4.79 Å². The minimum absolute atomic E-state index is 0.0315. The maximum Gasteiger partial charge on any atom is 0.416 e. The highest BCUT2D eigenvalue weighted by atomic mass is 32.1. The van der Waals surface area contributed by atoms with E-state index < -0.39 is 17.3 Å². The molecule has 1 heterocycles. The molecule has 11 heteroatoms. The van der Waals surface area contributed by atoms with Crippen molar-refractivity contribution in [2.75, 3.05) is 11.9 Å². The minimum Gasteiger partial charge on any atom is -0.349 e. The van der Waals surface area contributed by atoms with Gasteiger partial charge >= 0.3 is 6.18 Å². The van der Waals surface area contributed by atoms with Crippen LogP contribution < -0.4 is 10.6 Å². The Balaban J connectivity index is 1.35.